The van der Waals surface area contributed by atoms with E-state index in [1.54, 1.807) is 38.1 Å². The van der Waals surface area contributed by atoms with Crippen LogP contribution in [0.1, 0.15) is 94.9 Å². The first-order valence-electron chi connectivity index (χ1n) is 18.6. The van der Waals surface area contributed by atoms with Crippen LogP contribution in [0.25, 0.3) is 0 Å². The van der Waals surface area contributed by atoms with E-state index in [-0.39, 0.29) is 36.3 Å². The molecule has 0 bridgehead atoms. The monoisotopic (exact) mass is 747 g/mol. The highest BCUT2D eigenvalue weighted by Gasteiger charge is 2.84. The first kappa shape index (κ1) is 39.1. The van der Waals surface area contributed by atoms with E-state index >= 15 is 4.79 Å². The van der Waals surface area contributed by atoms with Gasteiger partial charge in [0.15, 0.2) is 5.60 Å². The molecule has 13 nitrogen and oxygen atoms in total. The van der Waals surface area contributed by atoms with Crippen molar-refractivity contribution >= 4 is 35.6 Å². The Morgan fingerprint density at radius 2 is 1.57 bits per heavy atom. The van der Waals surface area contributed by atoms with Crippen LogP contribution < -0.4 is 0 Å². The number of aliphatic hydroxyl groups is 1. The smallest absolute Gasteiger partial charge is 0.339 e. The lowest BCUT2D eigenvalue weighted by Crippen LogP contribution is -2.66. The summed E-state index contributed by atoms with van der Waals surface area (Å²) in [6.07, 6.45) is -0.800. The number of benzene rings is 1. The zero-order valence-electron chi connectivity index (χ0n) is 31.7. The van der Waals surface area contributed by atoms with Gasteiger partial charge in [-0.3, -0.25) is 24.2 Å². The SMILES string of the molecule is CCCC(=O)O[C@@H]1[C@@H]2[C@@H](OC(=O)c3ccccc3)[C@@]3(COC(=O)c4cccnc4)[C@@H]([C@@H]4[C@H](C[C@H]3OC(C)=O)C4(C)C)[C@](C)(OC(C)=O)C(=O)[C@@]2(O)C[C@@H]1C. The maximum atomic E-state index is 15.4. The molecule has 54 heavy (non-hydrogen) atoms. The lowest BCUT2D eigenvalue weighted by atomic mass is 9.55. The molecule has 0 unspecified atom stereocenters. The third-order valence-corrected chi connectivity index (χ3v) is 12.5. The van der Waals surface area contributed by atoms with Crippen molar-refractivity contribution in [3.63, 3.8) is 0 Å². The number of hydrogen-bond donors (Lipinski definition) is 1. The topological polar surface area (TPSA) is 182 Å². The molecule has 2 aromatic rings. The summed E-state index contributed by atoms with van der Waals surface area (Å²) in [4.78, 5) is 87.2. The fourth-order valence-corrected chi connectivity index (χ4v) is 10.4. The summed E-state index contributed by atoms with van der Waals surface area (Å²) < 4.78 is 31.1. The number of hydrogen-bond acceptors (Lipinski definition) is 13. The number of Topliss-reactive ketones (excluding diaryl/α,β-unsaturated/α-hetero) is 1. The fourth-order valence-electron chi connectivity index (χ4n) is 10.4. The van der Waals surface area contributed by atoms with E-state index in [2.05, 4.69) is 4.98 Å². The molecule has 6 rings (SSSR count). The molecule has 1 aromatic heterocycles. The van der Waals surface area contributed by atoms with Crippen LogP contribution in [0.4, 0.5) is 0 Å². The molecular weight excluding hydrogens is 698 g/mol. The van der Waals surface area contributed by atoms with Crippen LogP contribution in [-0.4, -0.2) is 81.8 Å². The molecule has 0 amide bonds. The predicted molar refractivity (Wildman–Crippen MR) is 189 cm³/mol. The van der Waals surface area contributed by atoms with E-state index < -0.39 is 106 Å². The molecular formula is C41H49NO12. The summed E-state index contributed by atoms with van der Waals surface area (Å²) in [6, 6.07) is 11.1. The highest BCUT2D eigenvalue weighted by Crippen LogP contribution is 2.76. The first-order valence-corrected chi connectivity index (χ1v) is 18.6. The molecule has 4 aliphatic rings. The number of rotatable bonds is 10. The van der Waals surface area contributed by atoms with Gasteiger partial charge in [0.1, 0.15) is 30.5 Å². The highest BCUT2D eigenvalue weighted by molar-refractivity contribution is 5.98. The van der Waals surface area contributed by atoms with Gasteiger partial charge in [-0.1, -0.05) is 45.9 Å². The van der Waals surface area contributed by atoms with Gasteiger partial charge >= 0.3 is 29.8 Å². The Balaban J connectivity index is 1.68. The van der Waals surface area contributed by atoms with Crippen molar-refractivity contribution in [3.05, 3.63) is 66.0 Å². The van der Waals surface area contributed by atoms with Crippen LogP contribution in [-0.2, 0) is 42.9 Å². The summed E-state index contributed by atoms with van der Waals surface area (Å²) in [5.74, 6) is -8.60. The molecule has 4 saturated carbocycles. The molecule has 1 aromatic carbocycles. The molecule has 11 atom stereocenters. The lowest BCUT2D eigenvalue weighted by Gasteiger charge is -2.55. The number of aromatic nitrogens is 1. The molecule has 290 valence electrons. The average molecular weight is 748 g/mol. The van der Waals surface area contributed by atoms with Gasteiger partial charge in [0, 0.05) is 38.6 Å². The van der Waals surface area contributed by atoms with Crippen molar-refractivity contribution < 1.29 is 57.6 Å². The van der Waals surface area contributed by atoms with Crippen LogP contribution in [0.3, 0.4) is 0 Å². The maximum Gasteiger partial charge on any atom is 0.339 e. The number of carbonyl (C=O) groups is 6. The number of nitrogens with zero attached hydrogens (tertiary/aromatic N) is 1. The Morgan fingerprint density at radius 1 is 0.889 bits per heavy atom. The average Bonchev–Trinajstić information content (AvgIpc) is 3.56. The molecule has 0 radical (unpaired) electrons. The Morgan fingerprint density at radius 3 is 2.19 bits per heavy atom. The van der Waals surface area contributed by atoms with Crippen LogP contribution in [0.5, 0.6) is 0 Å². The quantitative estimate of drug-likeness (QED) is 0.262. The first-order chi connectivity index (χ1) is 25.4. The summed E-state index contributed by atoms with van der Waals surface area (Å²) in [5, 5.41) is 13.0. The summed E-state index contributed by atoms with van der Waals surface area (Å²) in [7, 11) is 0. The Labute approximate surface area is 314 Å². The van der Waals surface area contributed by atoms with E-state index in [1.165, 1.54) is 44.4 Å². The van der Waals surface area contributed by atoms with E-state index in [1.807, 2.05) is 13.8 Å². The standard InChI is InChI=1S/C41H49NO12/c1-8-13-29(45)52-32-22(2)19-41(49)31(32)34(53-36(47)25-14-10-9-11-15-25)40(21-50-35(46)26-16-12-17-42-20-26)28(51-23(3)43)18-27-30(38(27,5)6)33(40)39(7,37(41)48)54-24(4)44/h9-12,14-17,20,22,27-28,30-34,49H,8,13,18-19,21H2,1-7H3/t22-,27-,28+,30-,31+,32-,33-,34+,39-,40+,41+/m0/s1. The second-order valence-corrected chi connectivity index (χ2v) is 16.3. The largest absolute Gasteiger partial charge is 0.462 e. The van der Waals surface area contributed by atoms with Crippen molar-refractivity contribution in [3.8, 4) is 0 Å². The summed E-state index contributed by atoms with van der Waals surface area (Å²) in [6.45, 7) is 10.6. The van der Waals surface area contributed by atoms with Gasteiger partial charge in [0.05, 0.1) is 22.5 Å². The molecule has 0 saturated heterocycles. The number of fused-ring (bicyclic) bond motifs is 4. The predicted octanol–water partition coefficient (Wildman–Crippen LogP) is 4.68. The van der Waals surface area contributed by atoms with Gasteiger partial charge in [-0.05, 0) is 73.6 Å². The van der Waals surface area contributed by atoms with Crippen LogP contribution in [0, 0.1) is 40.4 Å². The Kier molecular flexibility index (Phi) is 10.3. The van der Waals surface area contributed by atoms with Gasteiger partial charge < -0.3 is 28.8 Å². The van der Waals surface area contributed by atoms with Gasteiger partial charge in [-0.15, -0.1) is 0 Å². The van der Waals surface area contributed by atoms with Gasteiger partial charge in [-0.25, -0.2) is 9.59 Å². The zero-order valence-corrected chi connectivity index (χ0v) is 31.7. The van der Waals surface area contributed by atoms with Crippen molar-refractivity contribution in [2.45, 2.75) is 104 Å². The minimum absolute atomic E-state index is 0.0342. The second-order valence-electron chi connectivity index (χ2n) is 16.3. The van der Waals surface area contributed by atoms with Gasteiger partial charge in [0.2, 0.25) is 5.78 Å². The third-order valence-electron chi connectivity index (χ3n) is 12.5. The maximum absolute atomic E-state index is 15.4. The highest BCUT2D eigenvalue weighted by atomic mass is 16.6. The zero-order chi connectivity index (χ0) is 39.4. The number of pyridine rings is 1. The molecule has 1 N–H and O–H groups in total. The van der Waals surface area contributed by atoms with Crippen molar-refractivity contribution in [1.29, 1.82) is 0 Å². The van der Waals surface area contributed by atoms with E-state index in [4.69, 9.17) is 23.7 Å². The second kappa shape index (κ2) is 14.2. The molecule has 4 aliphatic carbocycles. The molecule has 13 heteroatoms. The van der Waals surface area contributed by atoms with Gasteiger partial charge in [0.25, 0.3) is 0 Å². The number of ketones is 1. The van der Waals surface area contributed by atoms with E-state index in [0.29, 0.717) is 6.42 Å². The van der Waals surface area contributed by atoms with Crippen molar-refractivity contribution in [2.75, 3.05) is 6.61 Å². The van der Waals surface area contributed by atoms with Gasteiger partial charge in [-0.2, -0.15) is 0 Å². The van der Waals surface area contributed by atoms with Crippen molar-refractivity contribution in [1.82, 2.24) is 4.98 Å². The number of ether oxygens (including phenoxy) is 5. The van der Waals surface area contributed by atoms with Crippen molar-refractivity contribution in [2.24, 2.45) is 40.4 Å². The Bertz CT molecular complexity index is 1810. The minimum atomic E-state index is -2.41. The number of esters is 5. The molecule has 0 spiro atoms. The van der Waals surface area contributed by atoms with Crippen LogP contribution in [0.15, 0.2) is 54.9 Å². The van der Waals surface area contributed by atoms with E-state index in [9.17, 15) is 29.1 Å². The fraction of sp³-hybridized carbons (Fsp3) is 0.585. The normalized spacial score (nSPS) is 35.9. The molecule has 0 aliphatic heterocycles. The summed E-state index contributed by atoms with van der Waals surface area (Å²) >= 11 is 0. The van der Waals surface area contributed by atoms with E-state index in [0.717, 1.165) is 6.92 Å². The van der Waals surface area contributed by atoms with Crippen LogP contribution >= 0.6 is 0 Å². The Hall–Kier alpha value is -4.65. The third kappa shape index (κ3) is 6.37. The minimum Gasteiger partial charge on any atom is -0.462 e. The lowest BCUT2D eigenvalue weighted by molar-refractivity contribution is -0.228. The molecule has 1 heterocycles. The summed E-state index contributed by atoms with van der Waals surface area (Å²) in [5.41, 5.74) is -6.74. The van der Waals surface area contributed by atoms with Crippen LogP contribution in [0.2, 0.25) is 0 Å². The number of carbonyl (C=O) groups excluding carboxylic acids is 6. The molecule has 4 fully saturated rings.